The Morgan fingerprint density at radius 1 is 1.15 bits per heavy atom. The highest BCUT2D eigenvalue weighted by molar-refractivity contribution is 5.69. The summed E-state index contributed by atoms with van der Waals surface area (Å²) in [4.78, 5) is 8.58. The fourth-order valence-electron chi connectivity index (χ4n) is 3.69. The van der Waals surface area contributed by atoms with Gasteiger partial charge in [0.05, 0.1) is 24.8 Å². The van der Waals surface area contributed by atoms with Crippen molar-refractivity contribution >= 4 is 12.2 Å². The van der Waals surface area contributed by atoms with Crippen LogP contribution >= 0.6 is 0 Å². The second kappa shape index (κ2) is 10.6. The normalized spacial score (nSPS) is 11.1. The van der Waals surface area contributed by atoms with Crippen LogP contribution in [0.4, 0.5) is 4.39 Å². The molecule has 0 fully saturated rings. The third-order valence-electron chi connectivity index (χ3n) is 5.38. The van der Waals surface area contributed by atoms with Gasteiger partial charge in [-0.1, -0.05) is 24.3 Å². The van der Waals surface area contributed by atoms with Gasteiger partial charge in [0, 0.05) is 12.7 Å². The van der Waals surface area contributed by atoms with E-state index >= 15 is 0 Å². The number of nitrogens with zero attached hydrogens (tertiary/aromatic N) is 6. The standard InChI is InChI=1S/C26H25FN6O/c1-19-17-32(18-29-19)23-11-9-21(15-24(23)34-2)10-12-25-30-26(16-28)33(31-25)13-4-3-6-20-7-5-8-22(27)14-20/h5,7-12,14-15,17-18H,3-4,6,13H2,1-2H3/b12-10+. The minimum absolute atomic E-state index is 0.221. The van der Waals surface area contributed by atoms with Crippen LogP contribution in [0.25, 0.3) is 17.8 Å². The van der Waals surface area contributed by atoms with Crippen LogP contribution in [0.5, 0.6) is 5.75 Å². The summed E-state index contributed by atoms with van der Waals surface area (Å²) in [6.45, 7) is 2.51. The highest BCUT2D eigenvalue weighted by Crippen LogP contribution is 2.25. The summed E-state index contributed by atoms with van der Waals surface area (Å²) in [6.07, 6.45) is 9.80. The average molecular weight is 457 g/mol. The summed E-state index contributed by atoms with van der Waals surface area (Å²) in [5, 5.41) is 13.9. The zero-order valence-electron chi connectivity index (χ0n) is 19.1. The van der Waals surface area contributed by atoms with Gasteiger partial charge in [0.15, 0.2) is 5.82 Å². The first-order valence-electron chi connectivity index (χ1n) is 11.0. The van der Waals surface area contributed by atoms with Crippen LogP contribution in [0, 0.1) is 24.1 Å². The molecule has 8 heteroatoms. The molecule has 0 aliphatic carbocycles. The molecule has 0 amide bonds. The van der Waals surface area contributed by atoms with Crippen LogP contribution < -0.4 is 4.74 Å². The highest BCUT2D eigenvalue weighted by atomic mass is 19.1. The van der Waals surface area contributed by atoms with E-state index in [-0.39, 0.29) is 11.6 Å². The van der Waals surface area contributed by atoms with E-state index in [4.69, 9.17) is 4.74 Å². The maximum Gasteiger partial charge on any atom is 0.231 e. The quantitative estimate of drug-likeness (QED) is 0.332. The smallest absolute Gasteiger partial charge is 0.231 e. The van der Waals surface area contributed by atoms with Crippen molar-refractivity contribution < 1.29 is 9.13 Å². The van der Waals surface area contributed by atoms with Crippen LogP contribution in [-0.2, 0) is 13.0 Å². The number of aryl methyl sites for hydroxylation is 3. The minimum atomic E-state index is -0.221. The van der Waals surface area contributed by atoms with Crippen molar-refractivity contribution in [3.63, 3.8) is 0 Å². The van der Waals surface area contributed by atoms with Crippen LogP contribution in [-0.4, -0.2) is 31.4 Å². The second-order valence-corrected chi connectivity index (χ2v) is 7.90. The number of hydrogen-bond acceptors (Lipinski definition) is 5. The number of unbranched alkanes of at least 4 members (excludes halogenated alkanes) is 1. The molecule has 0 saturated heterocycles. The summed E-state index contributed by atoms with van der Waals surface area (Å²) in [7, 11) is 1.63. The Morgan fingerprint density at radius 3 is 2.76 bits per heavy atom. The number of rotatable bonds is 9. The summed E-state index contributed by atoms with van der Waals surface area (Å²) in [5.74, 6) is 1.24. The third kappa shape index (κ3) is 5.56. The van der Waals surface area contributed by atoms with Gasteiger partial charge in [-0.05, 0) is 67.7 Å². The Morgan fingerprint density at radius 2 is 2.03 bits per heavy atom. The van der Waals surface area contributed by atoms with Crippen molar-refractivity contribution in [2.24, 2.45) is 0 Å². The lowest BCUT2D eigenvalue weighted by Crippen LogP contribution is -2.04. The van der Waals surface area contributed by atoms with Crippen LogP contribution in [0.2, 0.25) is 0 Å². The zero-order valence-corrected chi connectivity index (χ0v) is 19.1. The summed E-state index contributed by atoms with van der Waals surface area (Å²) < 4.78 is 22.4. The van der Waals surface area contributed by atoms with Gasteiger partial charge in [0.1, 0.15) is 17.6 Å². The van der Waals surface area contributed by atoms with Gasteiger partial charge in [-0.2, -0.15) is 15.3 Å². The van der Waals surface area contributed by atoms with E-state index in [0.29, 0.717) is 18.1 Å². The largest absolute Gasteiger partial charge is 0.495 e. The molecule has 4 rings (SSSR count). The molecule has 34 heavy (non-hydrogen) atoms. The Hall–Kier alpha value is -4.25. The fourth-order valence-corrected chi connectivity index (χ4v) is 3.69. The molecule has 172 valence electrons. The third-order valence-corrected chi connectivity index (χ3v) is 5.38. The monoisotopic (exact) mass is 456 g/mol. The number of benzene rings is 2. The van der Waals surface area contributed by atoms with Crippen molar-refractivity contribution in [3.8, 4) is 17.5 Å². The first-order valence-corrected chi connectivity index (χ1v) is 11.0. The lowest BCUT2D eigenvalue weighted by Gasteiger charge is -2.09. The number of imidazole rings is 1. The van der Waals surface area contributed by atoms with Gasteiger partial charge in [-0.15, -0.1) is 0 Å². The molecule has 4 aromatic rings. The molecule has 2 heterocycles. The molecule has 0 bridgehead atoms. The van der Waals surface area contributed by atoms with Crippen molar-refractivity contribution in [2.45, 2.75) is 32.7 Å². The van der Waals surface area contributed by atoms with Crippen LogP contribution in [0.1, 0.15) is 41.3 Å². The molecule has 0 radical (unpaired) electrons. The van der Waals surface area contributed by atoms with Gasteiger partial charge in [-0.3, -0.25) is 0 Å². The van der Waals surface area contributed by atoms with Gasteiger partial charge in [0.2, 0.25) is 5.82 Å². The summed E-state index contributed by atoms with van der Waals surface area (Å²) >= 11 is 0. The summed E-state index contributed by atoms with van der Waals surface area (Å²) in [6, 6.07) is 14.6. The number of halogens is 1. The van der Waals surface area contributed by atoms with Gasteiger partial charge >= 0.3 is 0 Å². The number of methoxy groups -OCH3 is 1. The van der Waals surface area contributed by atoms with Crippen LogP contribution in [0.15, 0.2) is 55.0 Å². The molecular weight excluding hydrogens is 431 g/mol. The SMILES string of the molecule is COc1cc(/C=C/c2nc(C#N)n(CCCCc3cccc(F)c3)n2)ccc1-n1cnc(C)c1. The molecule has 0 N–H and O–H groups in total. The van der Waals surface area contributed by atoms with E-state index in [1.165, 1.54) is 6.07 Å². The van der Waals surface area contributed by atoms with Gasteiger partial charge in [0.25, 0.3) is 0 Å². The average Bonchev–Trinajstić information content (AvgIpc) is 3.46. The molecule has 7 nitrogen and oxygen atoms in total. The molecular formula is C26H25FN6O. The molecule has 0 unspecified atom stereocenters. The van der Waals surface area contributed by atoms with E-state index in [9.17, 15) is 9.65 Å². The van der Waals surface area contributed by atoms with E-state index in [2.05, 4.69) is 21.1 Å². The van der Waals surface area contributed by atoms with E-state index < -0.39 is 0 Å². The van der Waals surface area contributed by atoms with Gasteiger partial charge < -0.3 is 9.30 Å². The van der Waals surface area contributed by atoms with Crippen molar-refractivity contribution in [3.05, 3.63) is 89.3 Å². The van der Waals surface area contributed by atoms with E-state index in [0.717, 1.165) is 41.8 Å². The lowest BCUT2D eigenvalue weighted by atomic mass is 10.1. The number of hydrogen-bond donors (Lipinski definition) is 0. The maximum absolute atomic E-state index is 13.3. The fraction of sp³-hybridized carbons (Fsp3) is 0.231. The molecule has 0 saturated carbocycles. The Balaban J connectivity index is 1.41. The predicted molar refractivity (Wildman–Crippen MR) is 128 cm³/mol. The number of ether oxygens (including phenoxy) is 1. The predicted octanol–water partition coefficient (Wildman–Crippen LogP) is 4.98. The Labute approximate surface area is 197 Å². The van der Waals surface area contributed by atoms with E-state index in [1.54, 1.807) is 36.3 Å². The number of nitriles is 1. The molecule has 0 aliphatic heterocycles. The topological polar surface area (TPSA) is 81.5 Å². The molecule has 0 atom stereocenters. The van der Waals surface area contributed by atoms with Crippen molar-refractivity contribution in [2.75, 3.05) is 7.11 Å². The lowest BCUT2D eigenvalue weighted by molar-refractivity contribution is 0.413. The van der Waals surface area contributed by atoms with Gasteiger partial charge in [-0.25, -0.2) is 14.1 Å². The number of aromatic nitrogens is 5. The Kier molecular flexibility index (Phi) is 7.13. The molecule has 2 aromatic heterocycles. The molecule has 0 aliphatic rings. The molecule has 0 spiro atoms. The highest BCUT2D eigenvalue weighted by Gasteiger charge is 2.09. The second-order valence-electron chi connectivity index (χ2n) is 7.90. The minimum Gasteiger partial charge on any atom is -0.495 e. The van der Waals surface area contributed by atoms with Crippen molar-refractivity contribution in [1.82, 2.24) is 24.3 Å². The summed E-state index contributed by atoms with van der Waals surface area (Å²) in [5.41, 5.74) is 3.71. The van der Waals surface area contributed by atoms with E-state index in [1.807, 2.05) is 48.0 Å². The maximum atomic E-state index is 13.3. The first kappa shape index (κ1) is 22.9. The molecule has 2 aromatic carbocycles. The van der Waals surface area contributed by atoms with Crippen LogP contribution in [0.3, 0.4) is 0 Å². The first-order chi connectivity index (χ1) is 16.6. The Bertz CT molecular complexity index is 1350. The zero-order chi connectivity index (χ0) is 23.9. The van der Waals surface area contributed by atoms with Crippen molar-refractivity contribution in [1.29, 1.82) is 5.26 Å².